The normalized spacial score (nSPS) is 23.7. The summed E-state index contributed by atoms with van der Waals surface area (Å²) in [5.41, 5.74) is 1.39. The molecule has 0 saturated carbocycles. The number of hydrogen-bond donors (Lipinski definition) is 1. The van der Waals surface area contributed by atoms with Crippen LogP contribution in [0.25, 0.3) is 0 Å². The number of hydrogen-bond acceptors (Lipinski definition) is 4. The number of nitrogens with one attached hydrogen (secondary N) is 1. The first-order valence-electron chi connectivity index (χ1n) is 11.0. The zero-order chi connectivity index (χ0) is 20.7. The van der Waals surface area contributed by atoms with Crippen molar-refractivity contribution in [2.45, 2.75) is 45.7 Å². The number of likely N-dealkylation sites (tertiary alicyclic amines) is 2. The van der Waals surface area contributed by atoms with Crippen molar-refractivity contribution in [1.29, 1.82) is 0 Å². The fourth-order valence-corrected chi connectivity index (χ4v) is 5.23. The van der Waals surface area contributed by atoms with Gasteiger partial charge < -0.3 is 10.2 Å². The van der Waals surface area contributed by atoms with Gasteiger partial charge in [-0.25, -0.2) is 8.42 Å². The fourth-order valence-electron chi connectivity index (χ4n) is 4.57. The van der Waals surface area contributed by atoms with Crippen LogP contribution in [-0.4, -0.2) is 74.4 Å². The number of benzene rings is 1. The van der Waals surface area contributed by atoms with Crippen LogP contribution in [0.2, 0.25) is 0 Å². The van der Waals surface area contributed by atoms with E-state index in [0.717, 1.165) is 38.6 Å². The number of nitrogens with zero attached hydrogens (tertiary/aromatic N) is 3. The number of aliphatic imine (C=N–C) groups is 1. The van der Waals surface area contributed by atoms with E-state index in [2.05, 4.69) is 57.4 Å². The first-order valence-corrected chi connectivity index (χ1v) is 12.9. The minimum Gasteiger partial charge on any atom is -0.357 e. The van der Waals surface area contributed by atoms with E-state index in [0.29, 0.717) is 18.5 Å². The lowest BCUT2D eigenvalue weighted by Crippen LogP contribution is -2.56. The van der Waals surface area contributed by atoms with Gasteiger partial charge >= 0.3 is 0 Å². The summed E-state index contributed by atoms with van der Waals surface area (Å²) in [6.07, 6.45) is 3.63. The Hall–Kier alpha value is -1.60. The van der Waals surface area contributed by atoms with Crippen molar-refractivity contribution in [3.63, 3.8) is 0 Å². The van der Waals surface area contributed by atoms with E-state index in [1.165, 1.54) is 24.9 Å². The van der Waals surface area contributed by atoms with Gasteiger partial charge in [-0.1, -0.05) is 37.3 Å². The first kappa shape index (κ1) is 22.1. The molecule has 3 rings (SSSR count). The van der Waals surface area contributed by atoms with Gasteiger partial charge in [-0.05, 0) is 44.2 Å². The molecule has 2 saturated heterocycles. The van der Waals surface area contributed by atoms with Crippen LogP contribution in [0.5, 0.6) is 0 Å². The largest absolute Gasteiger partial charge is 0.357 e. The predicted molar refractivity (Wildman–Crippen MR) is 120 cm³/mol. The Morgan fingerprint density at radius 2 is 1.97 bits per heavy atom. The van der Waals surface area contributed by atoms with Crippen molar-refractivity contribution in [3.8, 4) is 0 Å². The number of fused-ring (bicyclic) bond motifs is 1. The molecule has 0 aromatic heterocycles. The van der Waals surface area contributed by atoms with Crippen LogP contribution in [0.1, 0.15) is 38.7 Å². The van der Waals surface area contributed by atoms with Crippen molar-refractivity contribution in [2.75, 3.05) is 44.2 Å². The summed E-state index contributed by atoms with van der Waals surface area (Å²) in [6, 6.07) is 11.4. The Morgan fingerprint density at radius 1 is 1.17 bits per heavy atom. The molecule has 162 valence electrons. The summed E-state index contributed by atoms with van der Waals surface area (Å²) in [4.78, 5) is 9.64. The molecule has 0 spiro atoms. The molecule has 29 heavy (non-hydrogen) atoms. The van der Waals surface area contributed by atoms with Gasteiger partial charge in [-0.3, -0.25) is 9.89 Å². The summed E-state index contributed by atoms with van der Waals surface area (Å²) in [7, 11) is -2.98. The zero-order valence-electron chi connectivity index (χ0n) is 17.9. The maximum absolute atomic E-state index is 11.8. The minimum absolute atomic E-state index is 0.128. The van der Waals surface area contributed by atoms with Crippen molar-refractivity contribution in [3.05, 3.63) is 35.9 Å². The van der Waals surface area contributed by atoms with E-state index in [-0.39, 0.29) is 11.5 Å². The second-order valence-electron chi connectivity index (χ2n) is 8.13. The number of guanidine groups is 1. The average molecular weight is 421 g/mol. The average Bonchev–Trinajstić information content (AvgIpc) is 2.74. The van der Waals surface area contributed by atoms with Crippen LogP contribution < -0.4 is 5.32 Å². The molecule has 0 amide bonds. The highest BCUT2D eigenvalue weighted by Gasteiger charge is 2.36. The summed E-state index contributed by atoms with van der Waals surface area (Å²) >= 11 is 0. The van der Waals surface area contributed by atoms with E-state index in [1.54, 1.807) is 6.92 Å². The lowest BCUT2D eigenvalue weighted by Gasteiger charge is -2.48. The lowest BCUT2D eigenvalue weighted by atomic mass is 9.83. The number of piperidine rings is 2. The van der Waals surface area contributed by atoms with Crippen molar-refractivity contribution in [1.82, 2.24) is 15.1 Å². The molecule has 1 aromatic carbocycles. The first-order chi connectivity index (χ1) is 14.0. The SMILES string of the molecule is CCNC(=NCCS(=O)(=O)CC)N1CCC2C(CCCN2Cc2ccccc2)C1. The van der Waals surface area contributed by atoms with E-state index in [9.17, 15) is 8.42 Å². The molecule has 2 aliphatic heterocycles. The molecule has 2 unspecified atom stereocenters. The summed E-state index contributed by atoms with van der Waals surface area (Å²) in [6.45, 7) is 9.07. The third kappa shape index (κ3) is 6.19. The van der Waals surface area contributed by atoms with Crippen LogP contribution in [0.15, 0.2) is 35.3 Å². The zero-order valence-corrected chi connectivity index (χ0v) is 18.7. The van der Waals surface area contributed by atoms with E-state index in [1.807, 2.05) is 0 Å². The highest BCUT2D eigenvalue weighted by atomic mass is 32.2. The van der Waals surface area contributed by atoms with Gasteiger partial charge in [0.15, 0.2) is 15.8 Å². The fraction of sp³-hybridized carbons (Fsp3) is 0.682. The maximum atomic E-state index is 11.8. The Kier molecular flexibility index (Phi) is 7.95. The highest BCUT2D eigenvalue weighted by Crippen LogP contribution is 2.31. The molecule has 7 heteroatoms. The van der Waals surface area contributed by atoms with Crippen molar-refractivity contribution >= 4 is 15.8 Å². The van der Waals surface area contributed by atoms with Gasteiger partial charge in [0.1, 0.15) is 0 Å². The smallest absolute Gasteiger partial charge is 0.193 e. The molecule has 2 atom stereocenters. The minimum atomic E-state index is -2.98. The van der Waals surface area contributed by atoms with Gasteiger partial charge in [0.2, 0.25) is 0 Å². The van der Waals surface area contributed by atoms with Crippen LogP contribution in [-0.2, 0) is 16.4 Å². The van der Waals surface area contributed by atoms with Crippen molar-refractivity contribution in [2.24, 2.45) is 10.9 Å². The van der Waals surface area contributed by atoms with E-state index < -0.39 is 9.84 Å². The number of rotatable bonds is 7. The maximum Gasteiger partial charge on any atom is 0.193 e. The van der Waals surface area contributed by atoms with Crippen LogP contribution in [0.3, 0.4) is 0 Å². The van der Waals surface area contributed by atoms with Gasteiger partial charge in [-0.2, -0.15) is 0 Å². The lowest BCUT2D eigenvalue weighted by molar-refractivity contribution is 0.0372. The van der Waals surface area contributed by atoms with Crippen LogP contribution in [0.4, 0.5) is 0 Å². The molecule has 0 bridgehead atoms. The Morgan fingerprint density at radius 3 is 2.69 bits per heavy atom. The Balaban J connectivity index is 1.62. The molecule has 6 nitrogen and oxygen atoms in total. The second-order valence-corrected chi connectivity index (χ2v) is 10.6. The highest BCUT2D eigenvalue weighted by molar-refractivity contribution is 7.91. The van der Waals surface area contributed by atoms with Crippen LogP contribution >= 0.6 is 0 Å². The summed E-state index contributed by atoms with van der Waals surface area (Å²) in [5.74, 6) is 1.83. The Bertz CT molecular complexity index is 766. The van der Waals surface area contributed by atoms with Gasteiger partial charge in [0.05, 0.1) is 12.3 Å². The van der Waals surface area contributed by atoms with Crippen LogP contribution in [0, 0.1) is 5.92 Å². The summed E-state index contributed by atoms with van der Waals surface area (Å²) in [5, 5.41) is 3.37. The predicted octanol–water partition coefficient (Wildman–Crippen LogP) is 2.37. The van der Waals surface area contributed by atoms with Crippen molar-refractivity contribution < 1.29 is 8.42 Å². The third-order valence-corrected chi connectivity index (χ3v) is 7.83. The molecule has 0 radical (unpaired) electrons. The molecule has 1 aromatic rings. The molecule has 2 fully saturated rings. The Labute approximate surface area is 176 Å². The molecular formula is C22H36N4O2S. The monoisotopic (exact) mass is 420 g/mol. The topological polar surface area (TPSA) is 65.0 Å². The van der Waals surface area contributed by atoms with Gasteiger partial charge in [0, 0.05) is 38.0 Å². The second kappa shape index (κ2) is 10.4. The summed E-state index contributed by atoms with van der Waals surface area (Å²) < 4.78 is 23.6. The quantitative estimate of drug-likeness (QED) is 0.542. The molecule has 0 aliphatic carbocycles. The van der Waals surface area contributed by atoms with Gasteiger partial charge in [-0.15, -0.1) is 0 Å². The van der Waals surface area contributed by atoms with E-state index >= 15 is 0 Å². The molecular weight excluding hydrogens is 384 g/mol. The number of sulfone groups is 1. The van der Waals surface area contributed by atoms with E-state index in [4.69, 9.17) is 0 Å². The molecule has 1 N–H and O–H groups in total. The molecule has 2 aliphatic rings. The molecule has 2 heterocycles. The third-order valence-electron chi connectivity index (χ3n) is 6.15. The van der Waals surface area contributed by atoms with Gasteiger partial charge in [0.25, 0.3) is 0 Å². The standard InChI is InChI=1S/C22H36N4O2S/c1-3-23-22(24-13-16-29(27,28)4-2)26-15-12-21-20(18-26)11-8-14-25(21)17-19-9-6-5-7-10-19/h5-7,9-10,20-21H,3-4,8,11-18H2,1-2H3,(H,23,24).